The molecule has 90 valence electrons. The Kier molecular flexibility index (Phi) is 3.42. The second-order valence-corrected chi connectivity index (χ2v) is 4.16. The van der Waals surface area contributed by atoms with Gasteiger partial charge in [0, 0.05) is 6.42 Å². The average molecular weight is 234 g/mol. The predicted molar refractivity (Wildman–Crippen MR) is 60.4 cm³/mol. The maximum Gasteiger partial charge on any atom is 0.338 e. The van der Waals surface area contributed by atoms with Crippen LogP contribution in [0.3, 0.4) is 0 Å². The molecule has 1 aromatic carbocycles. The van der Waals surface area contributed by atoms with Crippen LogP contribution in [0.4, 0.5) is 0 Å². The summed E-state index contributed by atoms with van der Waals surface area (Å²) in [5, 5.41) is 0. The molecule has 1 fully saturated rings. The average Bonchev–Trinajstić information content (AvgIpc) is 2.67. The van der Waals surface area contributed by atoms with Crippen molar-refractivity contribution in [2.24, 2.45) is 5.92 Å². The lowest BCUT2D eigenvalue weighted by Gasteiger charge is -2.09. The van der Waals surface area contributed by atoms with Crippen LogP contribution in [0.5, 0.6) is 0 Å². The number of cyclic esters (lactones) is 1. The van der Waals surface area contributed by atoms with Gasteiger partial charge in [0.05, 0.1) is 11.5 Å². The fourth-order valence-corrected chi connectivity index (χ4v) is 1.75. The zero-order valence-corrected chi connectivity index (χ0v) is 9.59. The van der Waals surface area contributed by atoms with Crippen LogP contribution in [0.15, 0.2) is 30.3 Å². The van der Waals surface area contributed by atoms with Crippen molar-refractivity contribution >= 4 is 11.9 Å². The van der Waals surface area contributed by atoms with Gasteiger partial charge in [-0.1, -0.05) is 25.1 Å². The molecule has 4 nitrogen and oxygen atoms in total. The lowest BCUT2D eigenvalue weighted by atomic mass is 10.1. The van der Waals surface area contributed by atoms with E-state index >= 15 is 0 Å². The van der Waals surface area contributed by atoms with Gasteiger partial charge in [0.15, 0.2) is 0 Å². The number of benzene rings is 1. The van der Waals surface area contributed by atoms with Gasteiger partial charge in [-0.15, -0.1) is 0 Å². The molecule has 0 spiro atoms. The Bertz CT molecular complexity index is 413. The van der Waals surface area contributed by atoms with Crippen molar-refractivity contribution in [3.8, 4) is 0 Å². The van der Waals surface area contributed by atoms with E-state index in [1.807, 2.05) is 6.07 Å². The predicted octanol–water partition coefficient (Wildman–Crippen LogP) is 1.79. The lowest BCUT2D eigenvalue weighted by Crippen LogP contribution is -2.18. The van der Waals surface area contributed by atoms with Gasteiger partial charge < -0.3 is 9.47 Å². The number of esters is 2. The number of rotatable bonds is 3. The molecule has 0 N–H and O–H groups in total. The summed E-state index contributed by atoms with van der Waals surface area (Å²) in [5.74, 6) is -0.706. The Hall–Kier alpha value is -1.84. The minimum absolute atomic E-state index is 0.101. The van der Waals surface area contributed by atoms with Gasteiger partial charge in [0.25, 0.3) is 0 Å². The highest BCUT2D eigenvalue weighted by Crippen LogP contribution is 2.20. The molecule has 1 aliphatic rings. The molecule has 0 radical (unpaired) electrons. The summed E-state index contributed by atoms with van der Waals surface area (Å²) in [5.41, 5.74) is 0.505. The summed E-state index contributed by atoms with van der Waals surface area (Å²) in [6, 6.07) is 8.75. The Morgan fingerprint density at radius 3 is 2.71 bits per heavy atom. The van der Waals surface area contributed by atoms with Gasteiger partial charge >= 0.3 is 11.9 Å². The van der Waals surface area contributed by atoms with Crippen molar-refractivity contribution in [3.63, 3.8) is 0 Å². The van der Waals surface area contributed by atoms with Gasteiger partial charge in [-0.2, -0.15) is 0 Å². The quantitative estimate of drug-likeness (QED) is 0.748. The molecule has 0 aromatic heterocycles. The molecule has 4 heteroatoms. The first kappa shape index (κ1) is 11.6. The minimum atomic E-state index is -0.388. The van der Waals surface area contributed by atoms with Crippen LogP contribution in [-0.4, -0.2) is 24.6 Å². The van der Waals surface area contributed by atoms with E-state index in [0.717, 1.165) is 0 Å². The Balaban J connectivity index is 1.83. The van der Waals surface area contributed by atoms with Crippen LogP contribution >= 0.6 is 0 Å². The molecule has 0 aliphatic carbocycles. The van der Waals surface area contributed by atoms with Gasteiger partial charge in [-0.3, -0.25) is 4.79 Å². The topological polar surface area (TPSA) is 52.6 Å². The van der Waals surface area contributed by atoms with E-state index in [9.17, 15) is 9.59 Å². The monoisotopic (exact) mass is 234 g/mol. The molecule has 1 aliphatic heterocycles. The van der Waals surface area contributed by atoms with Crippen LogP contribution in [0.25, 0.3) is 0 Å². The van der Waals surface area contributed by atoms with E-state index in [1.165, 1.54) is 0 Å². The molecule has 0 saturated carbocycles. The van der Waals surface area contributed by atoms with Crippen molar-refractivity contribution in [2.75, 3.05) is 6.61 Å². The number of hydrogen-bond donors (Lipinski definition) is 0. The van der Waals surface area contributed by atoms with Crippen LogP contribution < -0.4 is 0 Å². The number of ether oxygens (including phenoxy) is 2. The van der Waals surface area contributed by atoms with Crippen LogP contribution in [-0.2, 0) is 14.3 Å². The Labute approximate surface area is 99.5 Å². The molecular formula is C13H14O4. The zero-order valence-electron chi connectivity index (χ0n) is 9.59. The van der Waals surface area contributed by atoms with Gasteiger partial charge in [0.1, 0.15) is 12.7 Å². The SMILES string of the molecule is CC1CC(COC(=O)c2ccccc2)OC1=O. The van der Waals surface area contributed by atoms with E-state index in [1.54, 1.807) is 31.2 Å². The standard InChI is InChI=1S/C13H14O4/c1-9-7-11(17-12(9)14)8-16-13(15)10-5-3-2-4-6-10/h2-6,9,11H,7-8H2,1H3. The Morgan fingerprint density at radius 1 is 1.41 bits per heavy atom. The molecule has 2 rings (SSSR count). The fraction of sp³-hybridized carbons (Fsp3) is 0.385. The molecule has 0 amide bonds. The van der Waals surface area contributed by atoms with Gasteiger partial charge in [-0.25, -0.2) is 4.79 Å². The lowest BCUT2D eigenvalue weighted by molar-refractivity contribution is -0.145. The largest absolute Gasteiger partial charge is 0.458 e. The minimum Gasteiger partial charge on any atom is -0.458 e. The summed E-state index contributed by atoms with van der Waals surface area (Å²) < 4.78 is 10.1. The van der Waals surface area contributed by atoms with Crippen molar-refractivity contribution in [1.82, 2.24) is 0 Å². The van der Waals surface area contributed by atoms with E-state index in [0.29, 0.717) is 12.0 Å². The van der Waals surface area contributed by atoms with E-state index in [-0.39, 0.29) is 30.6 Å². The number of hydrogen-bond acceptors (Lipinski definition) is 4. The molecule has 2 unspecified atom stereocenters. The maximum absolute atomic E-state index is 11.6. The first-order valence-electron chi connectivity index (χ1n) is 5.59. The van der Waals surface area contributed by atoms with Crippen LogP contribution in [0.2, 0.25) is 0 Å². The van der Waals surface area contributed by atoms with Gasteiger partial charge in [0.2, 0.25) is 0 Å². The maximum atomic E-state index is 11.6. The van der Waals surface area contributed by atoms with Crippen molar-refractivity contribution in [3.05, 3.63) is 35.9 Å². The highest BCUT2D eigenvalue weighted by atomic mass is 16.6. The third kappa shape index (κ3) is 2.84. The molecule has 1 saturated heterocycles. The highest BCUT2D eigenvalue weighted by molar-refractivity contribution is 5.89. The van der Waals surface area contributed by atoms with E-state index in [2.05, 4.69) is 0 Å². The van der Waals surface area contributed by atoms with Gasteiger partial charge in [-0.05, 0) is 12.1 Å². The van der Waals surface area contributed by atoms with Crippen LogP contribution in [0.1, 0.15) is 23.7 Å². The summed E-state index contributed by atoms with van der Waals surface area (Å²) in [4.78, 5) is 22.7. The third-order valence-electron chi connectivity index (χ3n) is 2.71. The second kappa shape index (κ2) is 4.99. The molecule has 2 atom stereocenters. The van der Waals surface area contributed by atoms with Crippen molar-refractivity contribution in [2.45, 2.75) is 19.4 Å². The number of carbonyl (C=O) groups excluding carboxylic acids is 2. The summed E-state index contributed by atoms with van der Waals surface area (Å²) in [6.07, 6.45) is 0.311. The van der Waals surface area contributed by atoms with E-state index < -0.39 is 0 Å². The first-order valence-corrected chi connectivity index (χ1v) is 5.59. The molecular weight excluding hydrogens is 220 g/mol. The summed E-state index contributed by atoms with van der Waals surface area (Å²) in [6.45, 7) is 1.94. The molecule has 0 bridgehead atoms. The molecule has 1 heterocycles. The van der Waals surface area contributed by atoms with E-state index in [4.69, 9.17) is 9.47 Å². The summed E-state index contributed by atoms with van der Waals surface area (Å²) >= 11 is 0. The zero-order chi connectivity index (χ0) is 12.3. The highest BCUT2D eigenvalue weighted by Gasteiger charge is 2.31. The van der Waals surface area contributed by atoms with Crippen LogP contribution in [0, 0.1) is 5.92 Å². The molecule has 1 aromatic rings. The summed E-state index contributed by atoms with van der Waals surface area (Å²) in [7, 11) is 0. The van der Waals surface area contributed by atoms with Crippen molar-refractivity contribution < 1.29 is 19.1 Å². The first-order chi connectivity index (χ1) is 8.16. The molecule has 17 heavy (non-hydrogen) atoms. The number of carbonyl (C=O) groups is 2. The fourth-order valence-electron chi connectivity index (χ4n) is 1.75. The second-order valence-electron chi connectivity index (χ2n) is 4.16. The third-order valence-corrected chi connectivity index (χ3v) is 2.71. The smallest absolute Gasteiger partial charge is 0.338 e. The Morgan fingerprint density at radius 2 is 2.12 bits per heavy atom. The normalized spacial score (nSPS) is 23.2. The van der Waals surface area contributed by atoms with Crippen molar-refractivity contribution in [1.29, 1.82) is 0 Å².